The van der Waals surface area contributed by atoms with Crippen molar-refractivity contribution in [1.82, 2.24) is 4.90 Å². The lowest BCUT2D eigenvalue weighted by Gasteiger charge is -2.23. The summed E-state index contributed by atoms with van der Waals surface area (Å²) in [7, 11) is 0. The molecule has 1 aliphatic rings. The maximum Gasteiger partial charge on any atom is 0.307 e. The molecule has 1 fully saturated rings. The molecule has 2 N–H and O–H groups in total. The summed E-state index contributed by atoms with van der Waals surface area (Å²) in [5.41, 5.74) is 0.423. The van der Waals surface area contributed by atoms with E-state index in [0.29, 0.717) is 25.2 Å². The minimum Gasteiger partial charge on any atom is -0.481 e. The van der Waals surface area contributed by atoms with Gasteiger partial charge in [0.1, 0.15) is 0 Å². The molecule has 2 atom stereocenters. The summed E-state index contributed by atoms with van der Waals surface area (Å²) in [6, 6.07) is 5.10. The number of hydrogen-bond donors (Lipinski definition) is 2. The van der Waals surface area contributed by atoms with Crippen LogP contribution in [0, 0.1) is 16.0 Å². The smallest absolute Gasteiger partial charge is 0.307 e. The van der Waals surface area contributed by atoms with Gasteiger partial charge < -0.3 is 10.4 Å². The molecule has 0 radical (unpaired) electrons. The summed E-state index contributed by atoms with van der Waals surface area (Å²) in [6.45, 7) is 2.63. The van der Waals surface area contributed by atoms with Crippen LogP contribution in [0.25, 0.3) is 0 Å². The van der Waals surface area contributed by atoms with Crippen molar-refractivity contribution in [3.8, 4) is 0 Å². The predicted octanol–water partition coefficient (Wildman–Crippen LogP) is 1.75. The van der Waals surface area contributed by atoms with Gasteiger partial charge in [-0.2, -0.15) is 0 Å². The van der Waals surface area contributed by atoms with Gasteiger partial charge in [0.2, 0.25) is 5.91 Å². The highest BCUT2D eigenvalue weighted by Crippen LogP contribution is 2.20. The SMILES string of the molecule is CC(C(=O)Nc1ccc([N+](=O)[O-])cc1)N1CCC(C(=O)O)C1.Cl. The van der Waals surface area contributed by atoms with E-state index in [1.807, 2.05) is 4.90 Å². The van der Waals surface area contributed by atoms with E-state index in [0.717, 1.165) is 0 Å². The zero-order valence-corrected chi connectivity index (χ0v) is 13.3. The third kappa shape index (κ3) is 4.64. The van der Waals surface area contributed by atoms with Gasteiger partial charge in [-0.25, -0.2) is 0 Å². The molecule has 9 heteroatoms. The first-order chi connectivity index (χ1) is 10.4. The lowest BCUT2D eigenvalue weighted by molar-refractivity contribution is -0.384. The van der Waals surface area contributed by atoms with E-state index in [1.54, 1.807) is 6.92 Å². The Kier molecular flexibility index (Phi) is 6.47. The van der Waals surface area contributed by atoms with Gasteiger partial charge in [0.15, 0.2) is 0 Å². The Hall–Kier alpha value is -2.19. The average molecular weight is 344 g/mol. The number of likely N-dealkylation sites (tertiary alicyclic amines) is 1. The monoisotopic (exact) mass is 343 g/mol. The van der Waals surface area contributed by atoms with Gasteiger partial charge in [0, 0.05) is 24.4 Å². The number of anilines is 1. The van der Waals surface area contributed by atoms with E-state index in [1.165, 1.54) is 24.3 Å². The molecule has 1 aromatic rings. The van der Waals surface area contributed by atoms with Crippen molar-refractivity contribution < 1.29 is 19.6 Å². The molecule has 0 saturated carbocycles. The van der Waals surface area contributed by atoms with Crippen LogP contribution in [-0.2, 0) is 9.59 Å². The summed E-state index contributed by atoms with van der Waals surface area (Å²) in [5.74, 6) is -1.54. The molecule has 1 saturated heterocycles. The van der Waals surface area contributed by atoms with Crippen LogP contribution in [0.15, 0.2) is 24.3 Å². The van der Waals surface area contributed by atoms with Gasteiger partial charge in [-0.3, -0.25) is 24.6 Å². The Morgan fingerprint density at radius 2 is 2.00 bits per heavy atom. The molecule has 126 valence electrons. The molecule has 8 nitrogen and oxygen atoms in total. The minimum atomic E-state index is -0.842. The molecule has 0 aromatic heterocycles. The van der Waals surface area contributed by atoms with E-state index in [2.05, 4.69) is 5.32 Å². The topological polar surface area (TPSA) is 113 Å². The molecule has 1 heterocycles. The van der Waals surface area contributed by atoms with Gasteiger partial charge >= 0.3 is 5.97 Å². The van der Waals surface area contributed by atoms with Crippen LogP contribution in [-0.4, -0.2) is 45.9 Å². The molecule has 23 heavy (non-hydrogen) atoms. The van der Waals surface area contributed by atoms with E-state index in [-0.39, 0.29) is 24.0 Å². The van der Waals surface area contributed by atoms with Crippen molar-refractivity contribution in [2.45, 2.75) is 19.4 Å². The number of aliphatic carboxylic acids is 1. The standard InChI is InChI=1S/C14H17N3O5.ClH/c1-9(16-7-6-10(8-16)14(19)20)13(18)15-11-2-4-12(5-3-11)17(21)22;/h2-5,9-10H,6-8H2,1H3,(H,15,18)(H,19,20);1H. The van der Waals surface area contributed by atoms with Crippen molar-refractivity contribution in [1.29, 1.82) is 0 Å². The number of nitro groups is 1. The Bertz CT molecular complexity index is 593. The van der Waals surface area contributed by atoms with Crippen LogP contribution in [0.5, 0.6) is 0 Å². The second-order valence-electron chi connectivity index (χ2n) is 5.29. The van der Waals surface area contributed by atoms with Gasteiger partial charge in [-0.15, -0.1) is 12.4 Å². The number of rotatable bonds is 5. The molecule has 0 spiro atoms. The zero-order valence-electron chi connectivity index (χ0n) is 12.5. The van der Waals surface area contributed by atoms with Gasteiger partial charge in [-0.05, 0) is 32.0 Å². The fourth-order valence-corrected chi connectivity index (χ4v) is 2.42. The van der Waals surface area contributed by atoms with Crippen LogP contribution in [0.1, 0.15) is 13.3 Å². The van der Waals surface area contributed by atoms with Crippen LogP contribution < -0.4 is 5.32 Å². The first kappa shape index (κ1) is 18.9. The van der Waals surface area contributed by atoms with Crippen LogP contribution in [0.3, 0.4) is 0 Å². The number of non-ortho nitro benzene ring substituents is 1. The fraction of sp³-hybridized carbons (Fsp3) is 0.429. The minimum absolute atomic E-state index is 0. The van der Waals surface area contributed by atoms with Crippen molar-refractivity contribution in [2.75, 3.05) is 18.4 Å². The summed E-state index contributed by atoms with van der Waals surface area (Å²) in [6.07, 6.45) is 0.532. The number of nitrogens with zero attached hydrogens (tertiary/aromatic N) is 2. The largest absolute Gasteiger partial charge is 0.481 e. The van der Waals surface area contributed by atoms with Crippen LogP contribution in [0.4, 0.5) is 11.4 Å². The summed E-state index contributed by atoms with van der Waals surface area (Å²) >= 11 is 0. The first-order valence-electron chi connectivity index (χ1n) is 6.90. The quantitative estimate of drug-likeness (QED) is 0.622. The van der Waals surface area contributed by atoms with Crippen molar-refractivity contribution in [3.05, 3.63) is 34.4 Å². The van der Waals surface area contributed by atoms with Crippen molar-refractivity contribution in [2.24, 2.45) is 5.92 Å². The van der Waals surface area contributed by atoms with E-state index >= 15 is 0 Å². The van der Waals surface area contributed by atoms with E-state index in [4.69, 9.17) is 5.11 Å². The first-order valence-corrected chi connectivity index (χ1v) is 6.90. The van der Waals surface area contributed by atoms with E-state index in [9.17, 15) is 19.7 Å². The third-order valence-corrected chi connectivity index (χ3v) is 3.84. The molecule has 1 amide bonds. The van der Waals surface area contributed by atoms with Gasteiger partial charge in [-0.1, -0.05) is 0 Å². The summed E-state index contributed by atoms with van der Waals surface area (Å²) in [4.78, 5) is 35.0. The molecular formula is C14H18ClN3O5. The summed E-state index contributed by atoms with van der Waals surface area (Å²) in [5, 5.41) is 22.2. The number of carbonyl (C=O) groups excluding carboxylic acids is 1. The molecule has 2 rings (SSSR count). The van der Waals surface area contributed by atoms with Crippen LogP contribution in [0.2, 0.25) is 0 Å². The number of nitrogens with one attached hydrogen (secondary N) is 1. The number of benzene rings is 1. The third-order valence-electron chi connectivity index (χ3n) is 3.84. The molecule has 0 aliphatic carbocycles. The second-order valence-corrected chi connectivity index (χ2v) is 5.29. The van der Waals surface area contributed by atoms with Gasteiger partial charge in [0.05, 0.1) is 16.9 Å². The lowest BCUT2D eigenvalue weighted by atomic mass is 10.1. The zero-order chi connectivity index (χ0) is 16.3. The predicted molar refractivity (Wildman–Crippen MR) is 85.8 cm³/mol. The number of halogens is 1. The molecule has 0 bridgehead atoms. The van der Waals surface area contributed by atoms with Crippen LogP contribution >= 0.6 is 12.4 Å². The second kappa shape index (κ2) is 7.89. The molecule has 1 aromatic carbocycles. The van der Waals surface area contributed by atoms with Crippen molar-refractivity contribution in [3.63, 3.8) is 0 Å². The number of carbonyl (C=O) groups is 2. The molecular weight excluding hydrogens is 326 g/mol. The Balaban J connectivity index is 0.00000264. The number of carboxylic acids is 1. The highest BCUT2D eigenvalue weighted by atomic mass is 35.5. The fourth-order valence-electron chi connectivity index (χ4n) is 2.42. The van der Waals surface area contributed by atoms with Crippen molar-refractivity contribution >= 4 is 35.7 Å². The number of carboxylic acid groups (broad SMARTS) is 1. The van der Waals surface area contributed by atoms with E-state index < -0.39 is 22.9 Å². The highest BCUT2D eigenvalue weighted by Gasteiger charge is 2.33. The Labute approximate surface area is 139 Å². The normalized spacial score (nSPS) is 18.7. The maximum absolute atomic E-state index is 12.2. The number of amides is 1. The number of nitro benzene ring substituents is 1. The Morgan fingerprint density at radius 1 is 1.39 bits per heavy atom. The molecule has 1 aliphatic heterocycles. The van der Waals surface area contributed by atoms with Gasteiger partial charge in [0.25, 0.3) is 5.69 Å². The average Bonchev–Trinajstić information content (AvgIpc) is 2.97. The molecule has 2 unspecified atom stereocenters. The lowest BCUT2D eigenvalue weighted by Crippen LogP contribution is -2.41. The summed E-state index contributed by atoms with van der Waals surface area (Å²) < 4.78 is 0. The Morgan fingerprint density at radius 3 is 2.48 bits per heavy atom. The highest BCUT2D eigenvalue weighted by molar-refractivity contribution is 5.94. The number of hydrogen-bond acceptors (Lipinski definition) is 5. The maximum atomic E-state index is 12.2.